The molecule has 0 amide bonds. The molecule has 1 fully saturated rings. The lowest BCUT2D eigenvalue weighted by Crippen LogP contribution is -2.53. The van der Waals surface area contributed by atoms with Crippen molar-refractivity contribution in [3.8, 4) is 0 Å². The van der Waals surface area contributed by atoms with Crippen LogP contribution in [0.15, 0.2) is 0 Å². The summed E-state index contributed by atoms with van der Waals surface area (Å²) in [6, 6.07) is 0. The molecule has 1 aliphatic rings. The fourth-order valence-corrected chi connectivity index (χ4v) is 2.63. The van der Waals surface area contributed by atoms with Crippen LogP contribution in [0.5, 0.6) is 0 Å². The quantitative estimate of drug-likeness (QED) is 0.624. The summed E-state index contributed by atoms with van der Waals surface area (Å²) in [7, 11) is 0. The summed E-state index contributed by atoms with van der Waals surface area (Å²) in [4.78, 5) is 0. The van der Waals surface area contributed by atoms with Crippen LogP contribution in [0.2, 0.25) is 0 Å². The van der Waals surface area contributed by atoms with Gasteiger partial charge in [0, 0.05) is 11.4 Å². The van der Waals surface area contributed by atoms with E-state index in [-0.39, 0.29) is 0 Å². The van der Waals surface area contributed by atoms with E-state index in [9.17, 15) is 0 Å². The Labute approximate surface area is 100.0 Å². The molecule has 0 spiro atoms. The average Bonchev–Trinajstić information content (AvgIpc) is 2.21. The largest absolute Gasteiger partial charge is 0.310 e. The van der Waals surface area contributed by atoms with Crippen LogP contribution in [-0.2, 0) is 0 Å². The number of nitrogens with one attached hydrogen (secondary N) is 1. The zero-order chi connectivity index (χ0) is 11.1. The van der Waals surface area contributed by atoms with Crippen molar-refractivity contribution in [1.82, 2.24) is 5.32 Å². The second-order valence-electron chi connectivity index (χ2n) is 5.06. The third kappa shape index (κ3) is 3.96. The van der Waals surface area contributed by atoms with Crippen molar-refractivity contribution in [3.05, 3.63) is 0 Å². The number of alkyl halides is 1. The van der Waals surface area contributed by atoms with Gasteiger partial charge in [0.05, 0.1) is 0 Å². The number of hydrogen-bond acceptors (Lipinski definition) is 1. The Hall–Kier alpha value is 0.250. The first-order chi connectivity index (χ1) is 7.26. The van der Waals surface area contributed by atoms with E-state index in [4.69, 9.17) is 11.6 Å². The fourth-order valence-electron chi connectivity index (χ4n) is 2.27. The number of rotatable bonds is 8. The second-order valence-corrected chi connectivity index (χ2v) is 5.33. The van der Waals surface area contributed by atoms with Gasteiger partial charge in [-0.15, -0.1) is 11.6 Å². The molecule has 0 aromatic rings. The Morgan fingerprint density at radius 1 is 1.33 bits per heavy atom. The van der Waals surface area contributed by atoms with Gasteiger partial charge in [-0.3, -0.25) is 0 Å². The minimum atomic E-state index is 0.307. The van der Waals surface area contributed by atoms with Crippen molar-refractivity contribution in [2.24, 2.45) is 5.92 Å². The molecule has 15 heavy (non-hydrogen) atoms. The lowest BCUT2D eigenvalue weighted by Gasteiger charge is -2.42. The summed E-state index contributed by atoms with van der Waals surface area (Å²) in [5.41, 5.74) is 0.307. The summed E-state index contributed by atoms with van der Waals surface area (Å²) in [5, 5.41) is 3.71. The summed E-state index contributed by atoms with van der Waals surface area (Å²) in [5.74, 6) is 1.64. The Morgan fingerprint density at radius 2 is 2.07 bits per heavy atom. The molecule has 1 unspecified atom stereocenters. The first-order valence-electron chi connectivity index (χ1n) is 6.57. The minimum absolute atomic E-state index is 0.307. The lowest BCUT2D eigenvalue weighted by molar-refractivity contribution is 0.198. The molecule has 1 rings (SSSR count). The summed E-state index contributed by atoms with van der Waals surface area (Å²) in [6.45, 7) is 5.74. The summed E-state index contributed by atoms with van der Waals surface area (Å²) in [6.07, 6.45) is 9.27. The molecule has 1 N–H and O–H groups in total. The van der Waals surface area contributed by atoms with Crippen molar-refractivity contribution < 1.29 is 0 Å². The summed E-state index contributed by atoms with van der Waals surface area (Å²) < 4.78 is 0. The molecule has 0 aromatic carbocycles. The van der Waals surface area contributed by atoms with Crippen molar-refractivity contribution in [2.75, 3.05) is 12.4 Å². The third-order valence-corrected chi connectivity index (χ3v) is 4.39. The van der Waals surface area contributed by atoms with Crippen LogP contribution in [-0.4, -0.2) is 18.0 Å². The van der Waals surface area contributed by atoms with Gasteiger partial charge in [-0.2, -0.15) is 0 Å². The maximum atomic E-state index is 6.03. The molecule has 0 bridgehead atoms. The number of halogens is 1. The lowest BCUT2D eigenvalue weighted by atomic mass is 9.78. The molecule has 1 nitrogen and oxygen atoms in total. The van der Waals surface area contributed by atoms with Gasteiger partial charge in [-0.05, 0) is 38.1 Å². The highest BCUT2D eigenvalue weighted by Crippen LogP contribution is 2.33. The van der Waals surface area contributed by atoms with Crippen LogP contribution >= 0.6 is 11.6 Å². The van der Waals surface area contributed by atoms with Crippen LogP contribution in [0.4, 0.5) is 0 Å². The first-order valence-corrected chi connectivity index (χ1v) is 7.10. The van der Waals surface area contributed by atoms with E-state index in [0.717, 1.165) is 11.8 Å². The monoisotopic (exact) mass is 231 g/mol. The molecule has 2 heteroatoms. The van der Waals surface area contributed by atoms with E-state index < -0.39 is 0 Å². The molecular formula is C13H26ClN. The van der Waals surface area contributed by atoms with Crippen LogP contribution < -0.4 is 5.32 Å². The maximum absolute atomic E-state index is 6.03. The Morgan fingerprint density at radius 3 is 2.47 bits per heavy atom. The fraction of sp³-hybridized carbons (Fsp3) is 1.00. The van der Waals surface area contributed by atoms with Gasteiger partial charge in [-0.1, -0.05) is 33.1 Å². The van der Waals surface area contributed by atoms with Gasteiger partial charge < -0.3 is 5.32 Å². The van der Waals surface area contributed by atoms with Crippen LogP contribution in [0.25, 0.3) is 0 Å². The van der Waals surface area contributed by atoms with Gasteiger partial charge in [0.15, 0.2) is 0 Å². The molecule has 0 saturated heterocycles. The molecule has 1 aliphatic carbocycles. The zero-order valence-corrected chi connectivity index (χ0v) is 11.1. The Kier molecular flexibility index (Phi) is 5.99. The highest BCUT2D eigenvalue weighted by atomic mass is 35.5. The van der Waals surface area contributed by atoms with Gasteiger partial charge in [0.1, 0.15) is 0 Å². The van der Waals surface area contributed by atoms with Gasteiger partial charge in [0.2, 0.25) is 0 Å². The smallest absolute Gasteiger partial charge is 0.0406 e. The predicted octanol–water partition coefficient (Wildman–Crippen LogP) is 3.95. The first kappa shape index (κ1) is 13.3. The highest BCUT2D eigenvalue weighted by Gasteiger charge is 2.35. The van der Waals surface area contributed by atoms with E-state index in [0.29, 0.717) is 5.54 Å². The van der Waals surface area contributed by atoms with Crippen molar-refractivity contribution in [3.63, 3.8) is 0 Å². The molecule has 90 valence electrons. The van der Waals surface area contributed by atoms with Crippen LogP contribution in [0, 0.1) is 5.92 Å². The molecule has 0 heterocycles. The molecule has 0 aliphatic heterocycles. The van der Waals surface area contributed by atoms with Gasteiger partial charge in [-0.25, -0.2) is 0 Å². The highest BCUT2D eigenvalue weighted by molar-refractivity contribution is 6.18. The van der Waals surface area contributed by atoms with E-state index in [1.165, 1.54) is 51.5 Å². The molecular weight excluding hydrogens is 206 g/mol. The van der Waals surface area contributed by atoms with Gasteiger partial charge >= 0.3 is 0 Å². The standard InChI is InChI=1S/C13H26ClN/c1-3-5-7-12(4-2)10-15-13(11-14)8-6-9-13/h12,15H,3-11H2,1-2H3. The number of unbranched alkanes of at least 4 members (excludes halogenated alkanes) is 1. The average molecular weight is 232 g/mol. The summed E-state index contributed by atoms with van der Waals surface area (Å²) >= 11 is 6.03. The van der Waals surface area contributed by atoms with Crippen molar-refractivity contribution in [1.29, 1.82) is 0 Å². The topological polar surface area (TPSA) is 12.0 Å². The zero-order valence-electron chi connectivity index (χ0n) is 10.3. The van der Waals surface area contributed by atoms with E-state index in [1.54, 1.807) is 0 Å². The second kappa shape index (κ2) is 6.75. The van der Waals surface area contributed by atoms with E-state index >= 15 is 0 Å². The molecule has 1 atom stereocenters. The predicted molar refractivity (Wildman–Crippen MR) is 68.6 cm³/mol. The Bertz CT molecular complexity index is 160. The molecule has 1 saturated carbocycles. The van der Waals surface area contributed by atoms with Gasteiger partial charge in [0.25, 0.3) is 0 Å². The van der Waals surface area contributed by atoms with Crippen molar-refractivity contribution in [2.45, 2.75) is 64.3 Å². The number of hydrogen-bond donors (Lipinski definition) is 1. The van der Waals surface area contributed by atoms with Crippen LogP contribution in [0.3, 0.4) is 0 Å². The molecule has 0 aromatic heterocycles. The van der Waals surface area contributed by atoms with Crippen molar-refractivity contribution >= 4 is 11.6 Å². The SMILES string of the molecule is CCCCC(CC)CNC1(CCl)CCC1. The van der Waals surface area contributed by atoms with E-state index in [2.05, 4.69) is 19.2 Å². The Balaban J connectivity index is 2.20. The third-order valence-electron chi connectivity index (χ3n) is 3.88. The van der Waals surface area contributed by atoms with E-state index in [1.807, 2.05) is 0 Å². The normalized spacial score (nSPS) is 21.0. The maximum Gasteiger partial charge on any atom is 0.0406 e. The van der Waals surface area contributed by atoms with Crippen LogP contribution in [0.1, 0.15) is 58.8 Å². The minimum Gasteiger partial charge on any atom is -0.310 e. The molecule has 0 radical (unpaired) electrons.